The summed E-state index contributed by atoms with van der Waals surface area (Å²) in [5.41, 5.74) is 6.17. The standard InChI is InChI=1S/C13H18N2OS/c1-9-5-7-10(8-6-9)16-12-4-2-3-11(15-12)13(14)17/h2-4,9-10H,5-8H2,1H3,(H2,14,17). The van der Waals surface area contributed by atoms with Gasteiger partial charge in [-0.05, 0) is 37.7 Å². The summed E-state index contributed by atoms with van der Waals surface area (Å²) in [6.45, 7) is 2.29. The number of hydrogen-bond acceptors (Lipinski definition) is 3. The van der Waals surface area contributed by atoms with E-state index in [2.05, 4.69) is 11.9 Å². The molecule has 0 bridgehead atoms. The first-order valence-corrected chi connectivity index (χ1v) is 6.49. The minimum atomic E-state index is 0.292. The number of aromatic nitrogens is 1. The Balaban J connectivity index is 1.98. The monoisotopic (exact) mass is 250 g/mol. The molecule has 2 rings (SSSR count). The quantitative estimate of drug-likeness (QED) is 0.838. The molecule has 0 saturated heterocycles. The molecule has 1 fully saturated rings. The summed E-state index contributed by atoms with van der Waals surface area (Å²) in [6, 6.07) is 5.54. The van der Waals surface area contributed by atoms with Gasteiger partial charge in [-0.25, -0.2) is 4.98 Å². The van der Waals surface area contributed by atoms with Crippen LogP contribution in [0, 0.1) is 5.92 Å². The van der Waals surface area contributed by atoms with Gasteiger partial charge in [0, 0.05) is 6.07 Å². The Hall–Kier alpha value is -1.16. The van der Waals surface area contributed by atoms with Crippen LogP contribution in [0.2, 0.25) is 0 Å². The summed E-state index contributed by atoms with van der Waals surface area (Å²) in [5.74, 6) is 1.46. The lowest BCUT2D eigenvalue weighted by Gasteiger charge is -2.26. The fraction of sp³-hybridized carbons (Fsp3) is 0.538. The molecular formula is C13H18N2OS. The van der Waals surface area contributed by atoms with Gasteiger partial charge in [0.15, 0.2) is 0 Å². The number of pyridine rings is 1. The van der Waals surface area contributed by atoms with Crippen molar-refractivity contribution >= 4 is 17.2 Å². The average Bonchev–Trinajstić information content (AvgIpc) is 2.32. The largest absolute Gasteiger partial charge is 0.474 e. The number of nitrogens with two attached hydrogens (primary N) is 1. The van der Waals surface area contributed by atoms with Crippen molar-refractivity contribution in [2.45, 2.75) is 38.7 Å². The van der Waals surface area contributed by atoms with Crippen molar-refractivity contribution in [3.63, 3.8) is 0 Å². The Labute approximate surface area is 107 Å². The van der Waals surface area contributed by atoms with Crippen LogP contribution in [-0.4, -0.2) is 16.1 Å². The predicted octanol–water partition coefficient (Wildman–Crippen LogP) is 2.67. The van der Waals surface area contributed by atoms with Gasteiger partial charge >= 0.3 is 0 Å². The van der Waals surface area contributed by atoms with E-state index in [1.165, 1.54) is 12.8 Å². The Morgan fingerprint density at radius 3 is 2.71 bits per heavy atom. The van der Waals surface area contributed by atoms with Crippen LogP contribution in [0.4, 0.5) is 0 Å². The predicted molar refractivity (Wildman–Crippen MR) is 72.2 cm³/mol. The van der Waals surface area contributed by atoms with E-state index < -0.39 is 0 Å². The first-order chi connectivity index (χ1) is 8.15. The second-order valence-corrected chi connectivity index (χ2v) is 5.16. The zero-order valence-corrected chi connectivity index (χ0v) is 10.9. The molecule has 0 aliphatic heterocycles. The van der Waals surface area contributed by atoms with E-state index in [4.69, 9.17) is 22.7 Å². The molecule has 1 aliphatic rings. The van der Waals surface area contributed by atoms with Crippen LogP contribution in [0.25, 0.3) is 0 Å². The van der Waals surface area contributed by atoms with Crippen molar-refractivity contribution in [2.75, 3.05) is 0 Å². The van der Waals surface area contributed by atoms with Crippen molar-refractivity contribution < 1.29 is 4.74 Å². The normalized spacial score (nSPS) is 24.3. The van der Waals surface area contributed by atoms with E-state index in [1.807, 2.05) is 12.1 Å². The molecule has 0 radical (unpaired) electrons. The smallest absolute Gasteiger partial charge is 0.214 e. The summed E-state index contributed by atoms with van der Waals surface area (Å²) in [5, 5.41) is 0. The number of nitrogens with zero attached hydrogens (tertiary/aromatic N) is 1. The summed E-state index contributed by atoms with van der Waals surface area (Å²) < 4.78 is 5.87. The fourth-order valence-electron chi connectivity index (χ4n) is 2.14. The van der Waals surface area contributed by atoms with Crippen LogP contribution in [0.1, 0.15) is 38.3 Å². The molecule has 1 aromatic heterocycles. The maximum atomic E-state index is 5.87. The Morgan fingerprint density at radius 2 is 2.06 bits per heavy atom. The van der Waals surface area contributed by atoms with Gasteiger partial charge in [0.1, 0.15) is 16.8 Å². The highest BCUT2D eigenvalue weighted by molar-refractivity contribution is 7.80. The maximum absolute atomic E-state index is 5.87. The van der Waals surface area contributed by atoms with Gasteiger partial charge in [-0.1, -0.05) is 25.2 Å². The fourth-order valence-corrected chi connectivity index (χ4v) is 2.25. The van der Waals surface area contributed by atoms with Crippen molar-refractivity contribution in [3.05, 3.63) is 23.9 Å². The molecule has 0 atom stereocenters. The van der Waals surface area contributed by atoms with Gasteiger partial charge in [-0.2, -0.15) is 0 Å². The first-order valence-electron chi connectivity index (χ1n) is 6.08. The lowest BCUT2D eigenvalue weighted by molar-refractivity contribution is 0.130. The molecule has 0 spiro atoms. The topological polar surface area (TPSA) is 48.1 Å². The Kier molecular flexibility index (Phi) is 3.94. The molecule has 92 valence electrons. The van der Waals surface area contributed by atoms with E-state index >= 15 is 0 Å². The van der Waals surface area contributed by atoms with Crippen LogP contribution in [0.15, 0.2) is 18.2 Å². The first kappa shape index (κ1) is 12.3. The van der Waals surface area contributed by atoms with Gasteiger partial charge in [0.25, 0.3) is 0 Å². The molecule has 0 amide bonds. The maximum Gasteiger partial charge on any atom is 0.214 e. The molecule has 2 N–H and O–H groups in total. The highest BCUT2D eigenvalue weighted by atomic mass is 32.1. The molecule has 1 aliphatic carbocycles. The van der Waals surface area contributed by atoms with Crippen molar-refractivity contribution in [1.29, 1.82) is 0 Å². The lowest BCUT2D eigenvalue weighted by atomic mass is 9.89. The summed E-state index contributed by atoms with van der Waals surface area (Å²) in [6.07, 6.45) is 4.99. The molecule has 0 aromatic carbocycles. The van der Waals surface area contributed by atoms with E-state index in [1.54, 1.807) is 6.07 Å². The van der Waals surface area contributed by atoms with E-state index in [0.29, 0.717) is 22.7 Å². The van der Waals surface area contributed by atoms with Crippen LogP contribution in [-0.2, 0) is 0 Å². The number of ether oxygens (including phenoxy) is 1. The van der Waals surface area contributed by atoms with Gasteiger partial charge in [0.2, 0.25) is 5.88 Å². The average molecular weight is 250 g/mol. The minimum Gasteiger partial charge on any atom is -0.474 e. The number of hydrogen-bond donors (Lipinski definition) is 1. The molecule has 4 heteroatoms. The highest BCUT2D eigenvalue weighted by Crippen LogP contribution is 2.26. The number of thiocarbonyl (C=S) groups is 1. The molecule has 1 saturated carbocycles. The zero-order valence-electron chi connectivity index (χ0n) is 10.1. The van der Waals surface area contributed by atoms with Crippen molar-refractivity contribution in [3.8, 4) is 5.88 Å². The molecule has 17 heavy (non-hydrogen) atoms. The molecule has 3 nitrogen and oxygen atoms in total. The molecule has 0 unspecified atom stereocenters. The Bertz CT molecular complexity index is 400. The third kappa shape index (κ3) is 3.40. The Morgan fingerprint density at radius 1 is 1.35 bits per heavy atom. The van der Waals surface area contributed by atoms with Gasteiger partial charge in [-0.3, -0.25) is 0 Å². The summed E-state index contributed by atoms with van der Waals surface area (Å²) >= 11 is 4.90. The van der Waals surface area contributed by atoms with Crippen LogP contribution < -0.4 is 10.5 Å². The lowest BCUT2D eigenvalue weighted by Crippen LogP contribution is -2.23. The van der Waals surface area contributed by atoms with E-state index in [0.717, 1.165) is 18.8 Å². The van der Waals surface area contributed by atoms with Gasteiger partial charge in [0.05, 0.1) is 0 Å². The minimum absolute atomic E-state index is 0.292. The zero-order chi connectivity index (χ0) is 12.3. The summed E-state index contributed by atoms with van der Waals surface area (Å²) in [4.78, 5) is 4.61. The molecular weight excluding hydrogens is 232 g/mol. The van der Waals surface area contributed by atoms with Gasteiger partial charge in [-0.15, -0.1) is 0 Å². The third-order valence-corrected chi connectivity index (χ3v) is 3.44. The van der Waals surface area contributed by atoms with Crippen LogP contribution >= 0.6 is 12.2 Å². The van der Waals surface area contributed by atoms with Crippen LogP contribution in [0.5, 0.6) is 5.88 Å². The molecule has 1 aromatic rings. The van der Waals surface area contributed by atoms with Crippen LogP contribution in [0.3, 0.4) is 0 Å². The van der Waals surface area contributed by atoms with E-state index in [9.17, 15) is 0 Å². The van der Waals surface area contributed by atoms with Gasteiger partial charge < -0.3 is 10.5 Å². The third-order valence-electron chi connectivity index (χ3n) is 3.23. The van der Waals surface area contributed by atoms with E-state index in [-0.39, 0.29) is 0 Å². The van der Waals surface area contributed by atoms with Crippen molar-refractivity contribution in [1.82, 2.24) is 4.98 Å². The highest BCUT2D eigenvalue weighted by Gasteiger charge is 2.19. The second-order valence-electron chi connectivity index (χ2n) is 4.73. The second kappa shape index (κ2) is 5.45. The number of rotatable bonds is 3. The summed E-state index contributed by atoms with van der Waals surface area (Å²) in [7, 11) is 0. The molecule has 1 heterocycles. The SMILES string of the molecule is CC1CCC(Oc2cccc(C(N)=S)n2)CC1. The van der Waals surface area contributed by atoms with Crippen molar-refractivity contribution in [2.24, 2.45) is 11.7 Å².